The standard InChI is InChI=1S/C18H15N5O/c19-12-14-6-8-16(9-7-14)18(24)22-17(13-23-20-10-11-21-23)15-4-2-1-3-5-15/h1-11,17H,13H2,(H,22,24). The molecule has 1 aromatic heterocycles. The number of amides is 1. The number of nitriles is 1. The second-order valence-electron chi connectivity index (χ2n) is 5.21. The molecular weight excluding hydrogens is 302 g/mol. The van der Waals surface area contributed by atoms with Crippen molar-refractivity contribution in [1.29, 1.82) is 5.26 Å². The van der Waals surface area contributed by atoms with Gasteiger partial charge in [-0.05, 0) is 29.8 Å². The summed E-state index contributed by atoms with van der Waals surface area (Å²) in [7, 11) is 0. The molecule has 0 saturated heterocycles. The molecule has 1 amide bonds. The summed E-state index contributed by atoms with van der Waals surface area (Å²) < 4.78 is 0. The Balaban J connectivity index is 1.80. The Morgan fingerprint density at radius 3 is 2.38 bits per heavy atom. The molecule has 0 saturated carbocycles. The lowest BCUT2D eigenvalue weighted by molar-refractivity contribution is 0.0931. The van der Waals surface area contributed by atoms with Crippen LogP contribution in [-0.4, -0.2) is 20.9 Å². The number of benzene rings is 2. The van der Waals surface area contributed by atoms with E-state index in [1.54, 1.807) is 36.7 Å². The van der Waals surface area contributed by atoms with Crippen molar-refractivity contribution < 1.29 is 4.79 Å². The van der Waals surface area contributed by atoms with Crippen LogP contribution in [-0.2, 0) is 6.54 Å². The highest BCUT2D eigenvalue weighted by Gasteiger charge is 2.17. The van der Waals surface area contributed by atoms with Crippen molar-refractivity contribution in [1.82, 2.24) is 20.3 Å². The molecule has 118 valence electrons. The number of aromatic nitrogens is 3. The van der Waals surface area contributed by atoms with Gasteiger partial charge >= 0.3 is 0 Å². The molecule has 0 radical (unpaired) electrons. The van der Waals surface area contributed by atoms with Gasteiger partial charge in [-0.3, -0.25) is 4.79 Å². The highest BCUT2D eigenvalue weighted by atomic mass is 16.1. The lowest BCUT2D eigenvalue weighted by Crippen LogP contribution is -2.32. The number of carbonyl (C=O) groups excluding carboxylic acids is 1. The quantitative estimate of drug-likeness (QED) is 0.782. The maximum Gasteiger partial charge on any atom is 0.251 e. The van der Waals surface area contributed by atoms with E-state index < -0.39 is 0 Å². The molecular formula is C18H15N5O. The molecule has 2 aromatic carbocycles. The summed E-state index contributed by atoms with van der Waals surface area (Å²) >= 11 is 0. The average Bonchev–Trinajstić information content (AvgIpc) is 3.15. The number of nitrogens with zero attached hydrogens (tertiary/aromatic N) is 4. The van der Waals surface area contributed by atoms with E-state index in [-0.39, 0.29) is 11.9 Å². The minimum atomic E-state index is -0.262. The Kier molecular flexibility index (Phi) is 4.63. The molecule has 1 unspecified atom stereocenters. The zero-order valence-corrected chi connectivity index (χ0v) is 12.8. The average molecular weight is 317 g/mol. The van der Waals surface area contributed by atoms with Gasteiger partial charge in [-0.1, -0.05) is 30.3 Å². The molecule has 3 rings (SSSR count). The van der Waals surface area contributed by atoms with Crippen LogP contribution in [0.3, 0.4) is 0 Å². The largest absolute Gasteiger partial charge is 0.343 e. The molecule has 0 spiro atoms. The Morgan fingerprint density at radius 2 is 1.75 bits per heavy atom. The highest BCUT2D eigenvalue weighted by Crippen LogP contribution is 2.15. The molecule has 0 aliphatic carbocycles. The van der Waals surface area contributed by atoms with Gasteiger partial charge in [-0.15, -0.1) is 0 Å². The van der Waals surface area contributed by atoms with Gasteiger partial charge in [0, 0.05) is 5.56 Å². The van der Waals surface area contributed by atoms with Crippen molar-refractivity contribution in [2.45, 2.75) is 12.6 Å². The fraction of sp³-hybridized carbons (Fsp3) is 0.111. The fourth-order valence-electron chi connectivity index (χ4n) is 2.36. The number of hydrogen-bond acceptors (Lipinski definition) is 4. The van der Waals surface area contributed by atoms with Gasteiger partial charge in [-0.2, -0.15) is 20.3 Å². The van der Waals surface area contributed by atoms with Crippen molar-refractivity contribution in [3.8, 4) is 6.07 Å². The van der Waals surface area contributed by atoms with Crippen LogP contribution in [0.5, 0.6) is 0 Å². The minimum Gasteiger partial charge on any atom is -0.343 e. The zero-order valence-electron chi connectivity index (χ0n) is 12.8. The number of hydrogen-bond donors (Lipinski definition) is 1. The molecule has 6 nitrogen and oxygen atoms in total. The summed E-state index contributed by atoms with van der Waals surface area (Å²) in [5, 5.41) is 20.0. The van der Waals surface area contributed by atoms with Crippen molar-refractivity contribution in [2.24, 2.45) is 0 Å². The monoisotopic (exact) mass is 317 g/mol. The maximum absolute atomic E-state index is 12.5. The van der Waals surface area contributed by atoms with Crippen LogP contribution in [0.1, 0.15) is 27.5 Å². The Morgan fingerprint density at radius 1 is 1.08 bits per heavy atom. The van der Waals surface area contributed by atoms with Crippen LogP contribution in [0.25, 0.3) is 0 Å². The number of rotatable bonds is 5. The van der Waals surface area contributed by atoms with E-state index in [9.17, 15) is 4.79 Å². The van der Waals surface area contributed by atoms with Crippen LogP contribution in [0.15, 0.2) is 67.0 Å². The summed E-state index contributed by atoms with van der Waals surface area (Å²) in [6, 6.07) is 18.0. The predicted molar refractivity (Wildman–Crippen MR) is 87.8 cm³/mol. The molecule has 24 heavy (non-hydrogen) atoms. The van der Waals surface area contributed by atoms with Gasteiger partial charge in [0.05, 0.1) is 36.6 Å². The zero-order chi connectivity index (χ0) is 16.8. The topological polar surface area (TPSA) is 83.6 Å². The third kappa shape index (κ3) is 3.65. The van der Waals surface area contributed by atoms with Gasteiger partial charge in [0.1, 0.15) is 0 Å². The van der Waals surface area contributed by atoms with Crippen molar-refractivity contribution in [2.75, 3.05) is 0 Å². The third-order valence-electron chi connectivity index (χ3n) is 3.60. The summed E-state index contributed by atoms with van der Waals surface area (Å²) in [6.07, 6.45) is 3.20. The lowest BCUT2D eigenvalue weighted by atomic mass is 10.1. The van der Waals surface area contributed by atoms with Gasteiger partial charge in [0.25, 0.3) is 5.91 Å². The fourth-order valence-corrected chi connectivity index (χ4v) is 2.36. The molecule has 1 N–H and O–H groups in total. The normalized spacial score (nSPS) is 11.5. The third-order valence-corrected chi connectivity index (χ3v) is 3.60. The summed E-state index contributed by atoms with van der Waals surface area (Å²) in [6.45, 7) is 0.430. The molecule has 1 atom stereocenters. The lowest BCUT2D eigenvalue weighted by Gasteiger charge is -2.19. The van der Waals surface area contributed by atoms with Crippen LogP contribution in [0.2, 0.25) is 0 Å². The number of nitrogens with one attached hydrogen (secondary N) is 1. The Labute approximate surface area is 139 Å². The second kappa shape index (κ2) is 7.20. The molecule has 0 aliphatic rings. The van der Waals surface area contributed by atoms with Gasteiger partial charge in [0.2, 0.25) is 0 Å². The van der Waals surface area contributed by atoms with E-state index in [1.807, 2.05) is 36.4 Å². The van der Waals surface area contributed by atoms with Crippen LogP contribution in [0.4, 0.5) is 0 Å². The first kappa shape index (κ1) is 15.4. The van der Waals surface area contributed by atoms with E-state index >= 15 is 0 Å². The SMILES string of the molecule is N#Cc1ccc(C(=O)NC(Cn2nccn2)c2ccccc2)cc1. The molecule has 0 bridgehead atoms. The highest BCUT2D eigenvalue weighted by molar-refractivity contribution is 5.94. The summed E-state index contributed by atoms with van der Waals surface area (Å²) in [5.41, 5.74) is 1.99. The van der Waals surface area contributed by atoms with Crippen molar-refractivity contribution in [3.05, 3.63) is 83.7 Å². The van der Waals surface area contributed by atoms with Crippen LogP contribution in [0, 0.1) is 11.3 Å². The van der Waals surface area contributed by atoms with E-state index in [2.05, 4.69) is 15.5 Å². The van der Waals surface area contributed by atoms with Crippen LogP contribution < -0.4 is 5.32 Å². The molecule has 3 aromatic rings. The van der Waals surface area contributed by atoms with Crippen molar-refractivity contribution in [3.63, 3.8) is 0 Å². The van der Waals surface area contributed by atoms with E-state index in [0.29, 0.717) is 17.7 Å². The first-order valence-corrected chi connectivity index (χ1v) is 7.46. The Hall–Kier alpha value is -3.46. The summed E-state index contributed by atoms with van der Waals surface area (Å²) in [4.78, 5) is 14.1. The number of carbonyl (C=O) groups is 1. The van der Waals surface area contributed by atoms with E-state index in [1.165, 1.54) is 4.80 Å². The van der Waals surface area contributed by atoms with Gasteiger partial charge in [0.15, 0.2) is 0 Å². The predicted octanol–water partition coefficient (Wildman–Crippen LogP) is 2.32. The molecule has 0 aliphatic heterocycles. The van der Waals surface area contributed by atoms with Crippen LogP contribution >= 0.6 is 0 Å². The molecule has 1 heterocycles. The van der Waals surface area contributed by atoms with Gasteiger partial charge < -0.3 is 5.32 Å². The first-order chi connectivity index (χ1) is 11.8. The van der Waals surface area contributed by atoms with E-state index in [4.69, 9.17) is 5.26 Å². The van der Waals surface area contributed by atoms with E-state index in [0.717, 1.165) is 5.56 Å². The minimum absolute atomic E-state index is 0.208. The first-order valence-electron chi connectivity index (χ1n) is 7.46. The maximum atomic E-state index is 12.5. The van der Waals surface area contributed by atoms with Crippen molar-refractivity contribution >= 4 is 5.91 Å². The second-order valence-corrected chi connectivity index (χ2v) is 5.21. The molecule has 6 heteroatoms. The summed E-state index contributed by atoms with van der Waals surface area (Å²) in [5.74, 6) is -0.208. The Bertz CT molecular complexity index is 835. The van der Waals surface area contributed by atoms with Gasteiger partial charge in [-0.25, -0.2) is 0 Å². The molecule has 0 fully saturated rings. The smallest absolute Gasteiger partial charge is 0.251 e.